The number of hydrogen-bond donors (Lipinski definition) is 2. The first-order valence-electron chi connectivity index (χ1n) is 9.15. The summed E-state index contributed by atoms with van der Waals surface area (Å²) in [5.74, 6) is 1.82. The van der Waals surface area contributed by atoms with Crippen molar-refractivity contribution in [3.63, 3.8) is 0 Å². The molecule has 0 radical (unpaired) electrons. The Balaban J connectivity index is 1.34. The lowest BCUT2D eigenvalue weighted by molar-refractivity contribution is 0.0693. The van der Waals surface area contributed by atoms with E-state index < -0.39 is 0 Å². The molecule has 10 heteroatoms. The molecule has 2 aliphatic rings. The quantitative estimate of drug-likeness (QED) is 0.684. The number of aromatic amines is 1. The molecule has 5 rings (SSSR count). The van der Waals surface area contributed by atoms with E-state index in [4.69, 9.17) is 4.52 Å². The Morgan fingerprint density at radius 3 is 3.18 bits per heavy atom. The average Bonchev–Trinajstić information content (AvgIpc) is 3.46. The van der Waals surface area contributed by atoms with Gasteiger partial charge >= 0.3 is 0 Å². The third-order valence-corrected chi connectivity index (χ3v) is 6.31. The Bertz CT molecular complexity index is 1050. The summed E-state index contributed by atoms with van der Waals surface area (Å²) in [6, 6.07) is 3.72. The second kappa shape index (κ2) is 6.93. The van der Waals surface area contributed by atoms with Crippen molar-refractivity contribution in [2.24, 2.45) is 0 Å². The summed E-state index contributed by atoms with van der Waals surface area (Å²) >= 11 is 1.85. The van der Waals surface area contributed by atoms with Gasteiger partial charge in [0, 0.05) is 30.1 Å². The van der Waals surface area contributed by atoms with Gasteiger partial charge in [-0.1, -0.05) is 5.16 Å². The number of aromatic nitrogens is 4. The van der Waals surface area contributed by atoms with Crippen molar-refractivity contribution in [3.8, 4) is 0 Å². The molecule has 2 N–H and O–H groups in total. The van der Waals surface area contributed by atoms with Crippen LogP contribution in [-0.2, 0) is 13.0 Å². The van der Waals surface area contributed by atoms with Gasteiger partial charge in [0.15, 0.2) is 5.69 Å². The Hall–Kier alpha value is -2.88. The number of rotatable bonds is 3. The molecule has 0 aromatic carbocycles. The second-order valence-electron chi connectivity index (χ2n) is 6.93. The van der Waals surface area contributed by atoms with Gasteiger partial charge in [-0.05, 0) is 30.7 Å². The van der Waals surface area contributed by atoms with Gasteiger partial charge in [-0.2, -0.15) is 16.9 Å². The summed E-state index contributed by atoms with van der Waals surface area (Å²) in [5.41, 5.74) is 2.52. The predicted molar refractivity (Wildman–Crippen MR) is 102 cm³/mol. The van der Waals surface area contributed by atoms with E-state index in [0.29, 0.717) is 36.2 Å². The van der Waals surface area contributed by atoms with E-state index >= 15 is 0 Å². The first-order valence-corrected chi connectivity index (χ1v) is 10.3. The number of fused-ring (bicyclic) bond motifs is 2. The third kappa shape index (κ3) is 2.93. The van der Waals surface area contributed by atoms with E-state index in [1.165, 1.54) is 0 Å². The van der Waals surface area contributed by atoms with Gasteiger partial charge in [0.25, 0.3) is 11.8 Å². The molecular weight excluding hydrogens is 380 g/mol. The number of hydrogen-bond acceptors (Lipinski definition) is 7. The van der Waals surface area contributed by atoms with Crippen LogP contribution in [0.5, 0.6) is 0 Å². The summed E-state index contributed by atoms with van der Waals surface area (Å²) in [5, 5.41) is 14.6. The maximum Gasteiger partial charge on any atom is 0.293 e. The van der Waals surface area contributed by atoms with E-state index in [0.717, 1.165) is 29.2 Å². The van der Waals surface area contributed by atoms with Crippen LogP contribution in [0.25, 0.3) is 11.0 Å². The maximum atomic E-state index is 12.9. The van der Waals surface area contributed by atoms with Gasteiger partial charge in [0.2, 0.25) is 11.4 Å². The number of carbonyl (C=O) groups excluding carboxylic acids is 2. The molecule has 28 heavy (non-hydrogen) atoms. The molecule has 0 spiro atoms. The lowest BCUT2D eigenvalue weighted by Gasteiger charge is -2.26. The molecule has 9 nitrogen and oxygen atoms in total. The predicted octanol–water partition coefficient (Wildman–Crippen LogP) is 1.38. The lowest BCUT2D eigenvalue weighted by atomic mass is 10.0. The highest BCUT2D eigenvalue weighted by molar-refractivity contribution is 7.99. The second-order valence-corrected chi connectivity index (χ2v) is 8.08. The molecule has 0 bridgehead atoms. The number of carbonyl (C=O) groups is 2. The van der Waals surface area contributed by atoms with E-state index in [2.05, 4.69) is 25.7 Å². The first kappa shape index (κ1) is 17.2. The molecule has 1 unspecified atom stereocenters. The van der Waals surface area contributed by atoms with Crippen LogP contribution in [0, 0.1) is 0 Å². The summed E-state index contributed by atoms with van der Waals surface area (Å²) in [4.78, 5) is 31.2. The highest BCUT2D eigenvalue weighted by Gasteiger charge is 2.31. The number of H-pyrrole nitrogens is 1. The van der Waals surface area contributed by atoms with Crippen LogP contribution in [0.4, 0.5) is 0 Å². The molecule has 2 aliphatic heterocycles. The number of nitrogens with one attached hydrogen (secondary N) is 2. The first-order chi connectivity index (χ1) is 13.7. The summed E-state index contributed by atoms with van der Waals surface area (Å²) in [6.07, 6.45) is 3.16. The normalized spacial score (nSPS) is 19.0. The van der Waals surface area contributed by atoms with Crippen molar-refractivity contribution in [3.05, 3.63) is 41.0 Å². The van der Waals surface area contributed by atoms with Crippen LogP contribution < -0.4 is 5.32 Å². The van der Waals surface area contributed by atoms with E-state index in [-0.39, 0.29) is 23.6 Å². The molecule has 1 fully saturated rings. The largest absolute Gasteiger partial charge is 0.348 e. The minimum atomic E-state index is -0.246. The fraction of sp³-hybridized carbons (Fsp3) is 0.389. The minimum absolute atomic E-state index is 0.142. The van der Waals surface area contributed by atoms with Crippen molar-refractivity contribution >= 4 is 34.6 Å². The van der Waals surface area contributed by atoms with Crippen molar-refractivity contribution in [1.82, 2.24) is 30.6 Å². The molecule has 2 amide bonds. The Morgan fingerprint density at radius 2 is 2.32 bits per heavy atom. The molecule has 0 aliphatic carbocycles. The monoisotopic (exact) mass is 398 g/mol. The third-order valence-electron chi connectivity index (χ3n) is 5.15. The number of pyridine rings is 1. The number of amides is 2. The molecule has 1 saturated heterocycles. The van der Waals surface area contributed by atoms with Crippen molar-refractivity contribution in [2.45, 2.75) is 25.4 Å². The zero-order chi connectivity index (χ0) is 19.1. The van der Waals surface area contributed by atoms with Gasteiger partial charge in [0.05, 0.1) is 17.6 Å². The van der Waals surface area contributed by atoms with Gasteiger partial charge < -0.3 is 14.7 Å². The van der Waals surface area contributed by atoms with Crippen LogP contribution in [0.15, 0.2) is 22.9 Å². The summed E-state index contributed by atoms with van der Waals surface area (Å²) < 4.78 is 5.24. The van der Waals surface area contributed by atoms with Crippen molar-refractivity contribution in [2.75, 3.05) is 18.1 Å². The van der Waals surface area contributed by atoms with Gasteiger partial charge in [0.1, 0.15) is 0 Å². The summed E-state index contributed by atoms with van der Waals surface area (Å²) in [6.45, 7) is 0.823. The van der Waals surface area contributed by atoms with Gasteiger partial charge in [-0.25, -0.2) is 4.98 Å². The van der Waals surface area contributed by atoms with Crippen LogP contribution in [-0.4, -0.2) is 61.1 Å². The van der Waals surface area contributed by atoms with E-state index in [1.54, 1.807) is 23.2 Å². The lowest BCUT2D eigenvalue weighted by Crippen LogP contribution is -2.38. The van der Waals surface area contributed by atoms with Crippen molar-refractivity contribution < 1.29 is 14.1 Å². The standard InChI is InChI=1S/C18H18N6O3S/c25-17(20-10-4-7-28-9-10)14-11-3-6-24(8-13(11)21-22-14)18(26)15-12-2-1-5-19-16(12)23-27-15/h1-2,5,10H,3-4,6-9H2,(H,20,25)(H,21,22). The summed E-state index contributed by atoms with van der Waals surface area (Å²) in [7, 11) is 0. The van der Waals surface area contributed by atoms with E-state index in [9.17, 15) is 9.59 Å². The van der Waals surface area contributed by atoms with Crippen LogP contribution >= 0.6 is 11.8 Å². The smallest absolute Gasteiger partial charge is 0.293 e. The molecule has 0 saturated carbocycles. The molecular formula is C18H18N6O3S. The Kier molecular flexibility index (Phi) is 4.27. The fourth-order valence-corrected chi connectivity index (χ4v) is 4.82. The fourth-order valence-electron chi connectivity index (χ4n) is 3.66. The average molecular weight is 398 g/mol. The number of thioether (sulfide) groups is 1. The van der Waals surface area contributed by atoms with Crippen LogP contribution in [0.3, 0.4) is 0 Å². The van der Waals surface area contributed by atoms with Gasteiger partial charge in [-0.15, -0.1) is 0 Å². The molecule has 144 valence electrons. The number of nitrogens with zero attached hydrogens (tertiary/aromatic N) is 4. The molecule has 1 atom stereocenters. The maximum absolute atomic E-state index is 12.9. The zero-order valence-electron chi connectivity index (χ0n) is 15.0. The van der Waals surface area contributed by atoms with Crippen molar-refractivity contribution in [1.29, 1.82) is 0 Å². The van der Waals surface area contributed by atoms with Crippen LogP contribution in [0.2, 0.25) is 0 Å². The minimum Gasteiger partial charge on any atom is -0.348 e. The van der Waals surface area contributed by atoms with Gasteiger partial charge in [-0.3, -0.25) is 14.7 Å². The Labute approximate surface area is 164 Å². The Morgan fingerprint density at radius 1 is 1.39 bits per heavy atom. The molecule has 3 aromatic heterocycles. The highest BCUT2D eigenvalue weighted by atomic mass is 32.2. The highest BCUT2D eigenvalue weighted by Crippen LogP contribution is 2.25. The molecule has 5 heterocycles. The topological polar surface area (TPSA) is 117 Å². The van der Waals surface area contributed by atoms with E-state index in [1.807, 2.05) is 11.8 Å². The van der Waals surface area contributed by atoms with Crippen LogP contribution in [0.1, 0.15) is 38.7 Å². The SMILES string of the molecule is O=C(NC1CCSC1)c1n[nH]c2c1CCN(C(=O)c1onc3ncccc13)C2. The molecule has 3 aromatic rings. The zero-order valence-corrected chi connectivity index (χ0v) is 15.8.